The molecule has 1 aromatic carbocycles. The van der Waals surface area contributed by atoms with Gasteiger partial charge in [0.25, 0.3) is 0 Å². The molecule has 1 fully saturated rings. The molecule has 0 atom stereocenters. The SMILES string of the molecule is COC1(C(=O)c2ccc(C(F)(F)F)cc2C)CCCCC1. The fourth-order valence-electron chi connectivity index (χ4n) is 2.99. The maximum absolute atomic E-state index is 12.7. The molecule has 0 aliphatic heterocycles. The van der Waals surface area contributed by atoms with E-state index < -0.39 is 17.3 Å². The quantitative estimate of drug-likeness (QED) is 0.766. The Labute approximate surface area is 122 Å². The Hall–Kier alpha value is -1.36. The van der Waals surface area contributed by atoms with Crippen LogP contribution in [-0.2, 0) is 10.9 Å². The summed E-state index contributed by atoms with van der Waals surface area (Å²) < 4.78 is 43.5. The number of halogens is 3. The number of hydrogen-bond acceptors (Lipinski definition) is 2. The number of aryl methyl sites for hydroxylation is 1. The summed E-state index contributed by atoms with van der Waals surface area (Å²) in [5.74, 6) is -0.198. The van der Waals surface area contributed by atoms with Crippen LogP contribution in [0.1, 0.15) is 53.6 Å². The second kappa shape index (κ2) is 5.79. The maximum Gasteiger partial charge on any atom is 0.416 e. The Morgan fingerprint density at radius 1 is 1.19 bits per heavy atom. The van der Waals surface area contributed by atoms with Gasteiger partial charge in [-0.15, -0.1) is 0 Å². The normalized spacial score (nSPS) is 18.5. The van der Waals surface area contributed by atoms with Gasteiger partial charge in [-0.3, -0.25) is 4.79 Å². The number of ketones is 1. The van der Waals surface area contributed by atoms with Crippen LogP contribution in [0.3, 0.4) is 0 Å². The number of rotatable bonds is 3. The van der Waals surface area contributed by atoms with Crippen molar-refractivity contribution in [2.45, 2.75) is 50.8 Å². The van der Waals surface area contributed by atoms with E-state index in [-0.39, 0.29) is 5.78 Å². The van der Waals surface area contributed by atoms with Crippen molar-refractivity contribution in [3.8, 4) is 0 Å². The molecule has 1 aliphatic carbocycles. The second-order valence-electron chi connectivity index (χ2n) is 5.62. The van der Waals surface area contributed by atoms with Crippen LogP contribution in [0.5, 0.6) is 0 Å². The molecule has 1 saturated carbocycles. The molecule has 0 amide bonds. The minimum atomic E-state index is -4.39. The lowest BCUT2D eigenvalue weighted by molar-refractivity contribution is -0.137. The van der Waals surface area contributed by atoms with Gasteiger partial charge in [-0.2, -0.15) is 13.2 Å². The summed E-state index contributed by atoms with van der Waals surface area (Å²) in [6.07, 6.45) is -0.273. The van der Waals surface area contributed by atoms with Gasteiger partial charge >= 0.3 is 6.18 Å². The van der Waals surface area contributed by atoms with Crippen molar-refractivity contribution in [1.29, 1.82) is 0 Å². The van der Waals surface area contributed by atoms with Gasteiger partial charge in [0.15, 0.2) is 5.78 Å². The average Bonchev–Trinajstić information content (AvgIpc) is 2.46. The molecule has 5 heteroatoms. The lowest BCUT2D eigenvalue weighted by Crippen LogP contribution is -2.42. The largest absolute Gasteiger partial charge is 0.416 e. The average molecular weight is 300 g/mol. The zero-order valence-corrected chi connectivity index (χ0v) is 12.2. The predicted molar refractivity (Wildman–Crippen MR) is 73.3 cm³/mol. The molecule has 0 radical (unpaired) electrons. The summed E-state index contributed by atoms with van der Waals surface area (Å²) in [6, 6.07) is 3.27. The third-order valence-corrected chi connectivity index (χ3v) is 4.26. The van der Waals surface area contributed by atoms with E-state index in [2.05, 4.69) is 0 Å². The Morgan fingerprint density at radius 3 is 2.29 bits per heavy atom. The van der Waals surface area contributed by atoms with E-state index in [1.165, 1.54) is 20.1 Å². The van der Waals surface area contributed by atoms with Crippen LogP contribution in [-0.4, -0.2) is 18.5 Å². The third kappa shape index (κ3) is 3.12. The summed E-state index contributed by atoms with van der Waals surface area (Å²) in [5.41, 5.74) is -0.932. The maximum atomic E-state index is 12.7. The van der Waals surface area contributed by atoms with Gasteiger partial charge in [-0.25, -0.2) is 0 Å². The van der Waals surface area contributed by atoms with Crippen molar-refractivity contribution in [3.05, 3.63) is 34.9 Å². The molecule has 0 spiro atoms. The molecule has 2 rings (SSSR count). The highest BCUT2D eigenvalue weighted by atomic mass is 19.4. The molecule has 0 aromatic heterocycles. The number of carbonyl (C=O) groups excluding carboxylic acids is 1. The Kier molecular flexibility index (Phi) is 4.42. The molecule has 0 heterocycles. The predicted octanol–water partition coefficient (Wildman–Crippen LogP) is 4.55. The number of Topliss-reactive ketones (excluding diaryl/α,β-unsaturated/α-hetero) is 1. The van der Waals surface area contributed by atoms with Crippen molar-refractivity contribution in [2.75, 3.05) is 7.11 Å². The molecule has 0 unspecified atom stereocenters. The van der Waals surface area contributed by atoms with Crippen LogP contribution in [0.15, 0.2) is 18.2 Å². The molecule has 116 valence electrons. The molecular weight excluding hydrogens is 281 g/mol. The molecule has 1 aromatic rings. The summed E-state index contributed by atoms with van der Waals surface area (Å²) in [4.78, 5) is 12.7. The summed E-state index contributed by atoms with van der Waals surface area (Å²) >= 11 is 0. The molecule has 1 aliphatic rings. The highest BCUT2D eigenvalue weighted by Crippen LogP contribution is 2.36. The topological polar surface area (TPSA) is 26.3 Å². The zero-order valence-electron chi connectivity index (χ0n) is 12.2. The van der Waals surface area contributed by atoms with Crippen LogP contribution >= 0.6 is 0 Å². The summed E-state index contributed by atoms with van der Waals surface area (Å²) in [7, 11) is 1.50. The van der Waals surface area contributed by atoms with Crippen molar-refractivity contribution in [2.24, 2.45) is 0 Å². The van der Waals surface area contributed by atoms with E-state index in [1.54, 1.807) is 0 Å². The van der Waals surface area contributed by atoms with Gasteiger partial charge in [-0.05, 0) is 37.5 Å². The summed E-state index contributed by atoms with van der Waals surface area (Å²) in [6.45, 7) is 1.54. The lowest BCUT2D eigenvalue weighted by atomic mass is 9.78. The van der Waals surface area contributed by atoms with Crippen LogP contribution in [0, 0.1) is 6.92 Å². The van der Waals surface area contributed by atoms with Crippen molar-refractivity contribution in [3.63, 3.8) is 0 Å². The number of alkyl halides is 3. The third-order valence-electron chi connectivity index (χ3n) is 4.26. The molecule has 0 bridgehead atoms. The van der Waals surface area contributed by atoms with E-state index >= 15 is 0 Å². The molecule has 2 nitrogen and oxygen atoms in total. The number of ether oxygens (including phenoxy) is 1. The Bertz CT molecular complexity index is 529. The first-order valence-electron chi connectivity index (χ1n) is 7.08. The van der Waals surface area contributed by atoms with E-state index in [1.807, 2.05) is 0 Å². The van der Waals surface area contributed by atoms with Gasteiger partial charge < -0.3 is 4.74 Å². The van der Waals surface area contributed by atoms with Crippen LogP contribution in [0.25, 0.3) is 0 Å². The van der Waals surface area contributed by atoms with Gasteiger partial charge in [0.05, 0.1) is 5.56 Å². The van der Waals surface area contributed by atoms with E-state index in [9.17, 15) is 18.0 Å². The van der Waals surface area contributed by atoms with Gasteiger partial charge in [0.2, 0.25) is 0 Å². The zero-order chi connectivity index (χ0) is 15.7. The van der Waals surface area contributed by atoms with E-state index in [0.717, 1.165) is 31.4 Å². The highest BCUT2D eigenvalue weighted by Gasteiger charge is 2.41. The fourth-order valence-corrected chi connectivity index (χ4v) is 2.99. The van der Waals surface area contributed by atoms with Crippen LogP contribution in [0.4, 0.5) is 13.2 Å². The van der Waals surface area contributed by atoms with E-state index in [4.69, 9.17) is 4.74 Å². The first kappa shape index (κ1) is 16.0. The van der Waals surface area contributed by atoms with Crippen molar-refractivity contribution < 1.29 is 22.7 Å². The molecule has 0 N–H and O–H groups in total. The minimum absolute atomic E-state index is 0.198. The monoisotopic (exact) mass is 300 g/mol. The number of benzene rings is 1. The first-order chi connectivity index (χ1) is 9.80. The Morgan fingerprint density at radius 2 is 1.81 bits per heavy atom. The summed E-state index contributed by atoms with van der Waals surface area (Å²) in [5, 5.41) is 0. The van der Waals surface area contributed by atoms with Crippen molar-refractivity contribution >= 4 is 5.78 Å². The lowest BCUT2D eigenvalue weighted by Gasteiger charge is -2.34. The molecule has 0 saturated heterocycles. The van der Waals surface area contributed by atoms with Gasteiger partial charge in [0.1, 0.15) is 5.60 Å². The smallest absolute Gasteiger partial charge is 0.370 e. The van der Waals surface area contributed by atoms with Crippen LogP contribution in [0.2, 0.25) is 0 Å². The Balaban J connectivity index is 2.35. The minimum Gasteiger partial charge on any atom is -0.370 e. The number of hydrogen-bond donors (Lipinski definition) is 0. The van der Waals surface area contributed by atoms with E-state index in [0.29, 0.717) is 24.0 Å². The van der Waals surface area contributed by atoms with Crippen LogP contribution < -0.4 is 0 Å². The number of carbonyl (C=O) groups is 1. The fraction of sp³-hybridized carbons (Fsp3) is 0.562. The first-order valence-corrected chi connectivity index (χ1v) is 7.08. The second-order valence-corrected chi connectivity index (χ2v) is 5.62. The van der Waals surface area contributed by atoms with Gasteiger partial charge in [0, 0.05) is 12.7 Å². The number of methoxy groups -OCH3 is 1. The molecular formula is C16H19F3O2. The van der Waals surface area contributed by atoms with Crippen molar-refractivity contribution in [1.82, 2.24) is 0 Å². The molecule has 21 heavy (non-hydrogen) atoms. The van der Waals surface area contributed by atoms with Gasteiger partial charge in [-0.1, -0.05) is 25.3 Å². The standard InChI is InChI=1S/C16H19F3O2/c1-11-10-12(16(17,18)19)6-7-13(11)14(20)15(21-2)8-4-3-5-9-15/h6-7,10H,3-5,8-9H2,1-2H3. The highest BCUT2D eigenvalue weighted by molar-refractivity contribution is 6.03.